The van der Waals surface area contributed by atoms with Crippen LogP contribution in [-0.2, 0) is 17.8 Å². The maximum atomic E-state index is 13.0. The molecule has 0 atom stereocenters. The topological polar surface area (TPSA) is 90.0 Å². The average molecular weight is 423 g/mol. The number of rotatable bonds is 6. The predicted octanol–water partition coefficient (Wildman–Crippen LogP) is 4.30. The maximum absolute atomic E-state index is 13.0. The van der Waals surface area contributed by atoms with Crippen LogP contribution >= 0.6 is 11.6 Å². The van der Waals surface area contributed by atoms with Crippen molar-refractivity contribution in [2.45, 2.75) is 26.3 Å². The Morgan fingerprint density at radius 1 is 1.20 bits per heavy atom. The lowest BCUT2D eigenvalue weighted by atomic mass is 10.1. The van der Waals surface area contributed by atoms with Crippen LogP contribution < -0.4 is 10.9 Å². The van der Waals surface area contributed by atoms with E-state index in [1.54, 1.807) is 24.3 Å². The average Bonchev–Trinajstić information content (AvgIpc) is 3.18. The van der Waals surface area contributed by atoms with E-state index in [1.165, 1.54) is 10.9 Å². The number of aryl methyl sites for hydroxylation is 2. The number of fused-ring (bicyclic) bond motifs is 1. The molecule has 0 unspecified atom stereocenters. The van der Waals surface area contributed by atoms with Gasteiger partial charge in [-0.2, -0.15) is 0 Å². The zero-order chi connectivity index (χ0) is 21.1. The zero-order valence-electron chi connectivity index (χ0n) is 16.3. The van der Waals surface area contributed by atoms with Crippen molar-refractivity contribution in [2.24, 2.45) is 0 Å². The van der Waals surface area contributed by atoms with E-state index in [0.717, 1.165) is 17.7 Å². The summed E-state index contributed by atoms with van der Waals surface area (Å²) >= 11 is 6.25. The monoisotopic (exact) mass is 422 g/mol. The second-order valence-corrected chi connectivity index (χ2v) is 7.19. The summed E-state index contributed by atoms with van der Waals surface area (Å²) in [7, 11) is 0. The number of nitrogens with zero attached hydrogens (tertiary/aromatic N) is 3. The Balaban J connectivity index is 1.56. The molecule has 0 radical (unpaired) electrons. The van der Waals surface area contributed by atoms with Gasteiger partial charge in [-0.15, -0.1) is 0 Å². The number of aromatic nitrogens is 3. The molecule has 152 valence electrons. The van der Waals surface area contributed by atoms with Crippen molar-refractivity contribution in [1.82, 2.24) is 14.7 Å². The summed E-state index contributed by atoms with van der Waals surface area (Å²) in [5.41, 5.74) is 2.59. The van der Waals surface area contributed by atoms with Gasteiger partial charge in [-0.05, 0) is 30.2 Å². The smallest absolute Gasteiger partial charge is 0.266 e. The summed E-state index contributed by atoms with van der Waals surface area (Å²) in [6.45, 7) is 2.23. The number of hydrogen-bond donors (Lipinski definition) is 1. The number of benzene rings is 2. The Labute approximate surface area is 177 Å². The van der Waals surface area contributed by atoms with Crippen molar-refractivity contribution >= 4 is 34.3 Å². The summed E-state index contributed by atoms with van der Waals surface area (Å²) in [6, 6.07) is 14.7. The normalized spacial score (nSPS) is 11.0. The molecule has 30 heavy (non-hydrogen) atoms. The Bertz CT molecular complexity index is 1280. The summed E-state index contributed by atoms with van der Waals surface area (Å²) in [4.78, 5) is 29.5. The molecule has 0 saturated carbocycles. The molecule has 1 amide bonds. The SMILES string of the molecule is CCc1cccc(NC(=O)CCn2cnc3onc(-c4ccccc4Cl)c3c2=O)c1. The molecule has 2 aromatic carbocycles. The van der Waals surface area contributed by atoms with Crippen LogP contribution in [0.15, 0.2) is 64.2 Å². The number of nitrogens with one attached hydrogen (secondary N) is 1. The number of carbonyl (C=O) groups is 1. The molecule has 0 saturated heterocycles. The second kappa shape index (κ2) is 8.51. The van der Waals surface area contributed by atoms with Gasteiger partial charge in [-0.1, -0.05) is 54.0 Å². The Kier molecular flexibility index (Phi) is 5.63. The first-order chi connectivity index (χ1) is 14.6. The van der Waals surface area contributed by atoms with Gasteiger partial charge >= 0.3 is 0 Å². The van der Waals surface area contributed by atoms with Gasteiger partial charge in [0.15, 0.2) is 0 Å². The van der Waals surface area contributed by atoms with E-state index in [4.69, 9.17) is 16.1 Å². The van der Waals surface area contributed by atoms with E-state index in [-0.39, 0.29) is 35.5 Å². The number of hydrogen-bond acceptors (Lipinski definition) is 5. The first kappa shape index (κ1) is 19.8. The Hall–Kier alpha value is -3.45. The molecule has 8 heteroatoms. The molecule has 2 heterocycles. The van der Waals surface area contributed by atoms with Crippen LogP contribution in [0, 0.1) is 0 Å². The molecule has 0 bridgehead atoms. The lowest BCUT2D eigenvalue weighted by Gasteiger charge is -2.08. The molecule has 0 spiro atoms. The fourth-order valence-corrected chi connectivity index (χ4v) is 3.42. The van der Waals surface area contributed by atoms with Crippen LogP contribution in [0.2, 0.25) is 5.02 Å². The fraction of sp³-hybridized carbons (Fsp3) is 0.182. The quantitative estimate of drug-likeness (QED) is 0.500. The molecule has 4 aromatic rings. The van der Waals surface area contributed by atoms with E-state index in [0.29, 0.717) is 16.3 Å². The summed E-state index contributed by atoms with van der Waals surface area (Å²) < 4.78 is 6.59. The number of halogens is 1. The third-order valence-corrected chi connectivity index (χ3v) is 5.12. The number of anilines is 1. The van der Waals surface area contributed by atoms with Gasteiger partial charge in [0, 0.05) is 24.2 Å². The molecule has 2 aromatic heterocycles. The first-order valence-electron chi connectivity index (χ1n) is 9.55. The summed E-state index contributed by atoms with van der Waals surface area (Å²) in [5, 5.41) is 7.53. The van der Waals surface area contributed by atoms with E-state index in [2.05, 4.69) is 22.4 Å². The van der Waals surface area contributed by atoms with Crippen LogP contribution in [0.3, 0.4) is 0 Å². The minimum Gasteiger partial charge on any atom is -0.335 e. The van der Waals surface area contributed by atoms with Gasteiger partial charge in [0.25, 0.3) is 11.3 Å². The van der Waals surface area contributed by atoms with Gasteiger partial charge in [0.1, 0.15) is 17.4 Å². The Morgan fingerprint density at radius 2 is 2.03 bits per heavy atom. The molecule has 0 aliphatic heterocycles. The van der Waals surface area contributed by atoms with Crippen molar-refractivity contribution in [2.75, 3.05) is 5.32 Å². The highest BCUT2D eigenvalue weighted by molar-refractivity contribution is 6.33. The minimum atomic E-state index is -0.336. The van der Waals surface area contributed by atoms with E-state index in [9.17, 15) is 9.59 Å². The van der Waals surface area contributed by atoms with Crippen molar-refractivity contribution < 1.29 is 9.32 Å². The number of carbonyl (C=O) groups excluding carboxylic acids is 1. The van der Waals surface area contributed by atoms with Gasteiger partial charge in [0.05, 0.1) is 5.02 Å². The summed E-state index contributed by atoms with van der Waals surface area (Å²) in [6.07, 6.45) is 2.37. The maximum Gasteiger partial charge on any atom is 0.266 e. The highest BCUT2D eigenvalue weighted by Crippen LogP contribution is 2.30. The van der Waals surface area contributed by atoms with E-state index < -0.39 is 0 Å². The third kappa shape index (κ3) is 3.97. The third-order valence-electron chi connectivity index (χ3n) is 4.79. The van der Waals surface area contributed by atoms with Gasteiger partial charge in [-0.25, -0.2) is 4.98 Å². The molecule has 7 nitrogen and oxygen atoms in total. The molecule has 1 N–H and O–H groups in total. The van der Waals surface area contributed by atoms with Gasteiger partial charge in [-0.3, -0.25) is 14.2 Å². The standard InChI is InChI=1S/C22H19ClN4O3/c1-2-14-6-5-7-15(12-14)25-18(28)10-11-27-13-24-21-19(22(27)29)20(26-30-21)16-8-3-4-9-17(16)23/h3-9,12-13H,2,10-11H2,1H3,(H,25,28). The van der Waals surface area contributed by atoms with Crippen LogP contribution in [0.5, 0.6) is 0 Å². The van der Waals surface area contributed by atoms with Crippen LogP contribution in [0.4, 0.5) is 5.69 Å². The summed E-state index contributed by atoms with van der Waals surface area (Å²) in [5.74, 6) is -0.188. The van der Waals surface area contributed by atoms with Gasteiger partial charge in [0.2, 0.25) is 5.91 Å². The van der Waals surface area contributed by atoms with Crippen LogP contribution in [0.25, 0.3) is 22.4 Å². The van der Waals surface area contributed by atoms with Crippen molar-refractivity contribution in [3.8, 4) is 11.3 Å². The van der Waals surface area contributed by atoms with E-state index >= 15 is 0 Å². The zero-order valence-corrected chi connectivity index (χ0v) is 17.0. The second-order valence-electron chi connectivity index (χ2n) is 6.79. The van der Waals surface area contributed by atoms with Crippen molar-refractivity contribution in [3.05, 3.63) is 75.8 Å². The Morgan fingerprint density at radius 3 is 2.83 bits per heavy atom. The molecule has 4 rings (SSSR count). The molecule has 0 aliphatic carbocycles. The highest BCUT2D eigenvalue weighted by atomic mass is 35.5. The minimum absolute atomic E-state index is 0.121. The van der Waals surface area contributed by atoms with Crippen molar-refractivity contribution in [3.63, 3.8) is 0 Å². The first-order valence-corrected chi connectivity index (χ1v) is 9.93. The largest absolute Gasteiger partial charge is 0.335 e. The van der Waals surface area contributed by atoms with Crippen LogP contribution in [0.1, 0.15) is 18.9 Å². The highest BCUT2D eigenvalue weighted by Gasteiger charge is 2.19. The van der Waals surface area contributed by atoms with Gasteiger partial charge < -0.3 is 9.84 Å². The van der Waals surface area contributed by atoms with Crippen molar-refractivity contribution in [1.29, 1.82) is 0 Å². The fourth-order valence-electron chi connectivity index (χ4n) is 3.19. The number of amides is 1. The van der Waals surface area contributed by atoms with Crippen LogP contribution in [-0.4, -0.2) is 20.6 Å². The molecular formula is C22H19ClN4O3. The lowest BCUT2D eigenvalue weighted by Crippen LogP contribution is -2.23. The molecule has 0 aliphatic rings. The molecular weight excluding hydrogens is 404 g/mol. The predicted molar refractivity (Wildman–Crippen MR) is 116 cm³/mol. The lowest BCUT2D eigenvalue weighted by molar-refractivity contribution is -0.116. The molecule has 0 fully saturated rings. The van der Waals surface area contributed by atoms with E-state index in [1.807, 2.05) is 24.3 Å².